The molecule has 1 fully saturated rings. The van der Waals surface area contributed by atoms with Crippen LogP contribution in [0.3, 0.4) is 0 Å². The van der Waals surface area contributed by atoms with Gasteiger partial charge in [-0.25, -0.2) is 4.79 Å². The molecule has 1 aromatic rings. The van der Waals surface area contributed by atoms with Crippen molar-refractivity contribution in [3.63, 3.8) is 0 Å². The third-order valence-corrected chi connectivity index (χ3v) is 5.35. The molecule has 112 valence electrons. The summed E-state index contributed by atoms with van der Waals surface area (Å²) >= 11 is 3.49. The smallest absolute Gasteiger partial charge is 0.326 e. The first-order valence-electron chi connectivity index (χ1n) is 7.37. The number of hydrogen-bond donors (Lipinski definition) is 1. The molecule has 2 aliphatic rings. The highest BCUT2D eigenvalue weighted by molar-refractivity contribution is 9.10. The van der Waals surface area contributed by atoms with Crippen LogP contribution in [0.4, 0.5) is 0 Å². The Kier molecular flexibility index (Phi) is 4.02. The molecule has 5 heteroatoms. The van der Waals surface area contributed by atoms with Crippen LogP contribution in [0, 0.1) is 5.92 Å². The minimum absolute atomic E-state index is 0.0144. The molecule has 1 aromatic carbocycles. The zero-order valence-corrected chi connectivity index (χ0v) is 13.3. The first-order chi connectivity index (χ1) is 10.1. The Balaban J connectivity index is 1.91. The largest absolute Gasteiger partial charge is 0.480 e. The second kappa shape index (κ2) is 5.79. The van der Waals surface area contributed by atoms with Crippen molar-refractivity contribution in [2.75, 3.05) is 0 Å². The molecule has 1 aliphatic carbocycles. The molecule has 0 aromatic heterocycles. The minimum Gasteiger partial charge on any atom is -0.480 e. The average molecular weight is 352 g/mol. The highest BCUT2D eigenvalue weighted by Gasteiger charge is 2.38. The minimum atomic E-state index is -0.914. The third kappa shape index (κ3) is 2.71. The number of hydrogen-bond acceptors (Lipinski definition) is 2. The summed E-state index contributed by atoms with van der Waals surface area (Å²) in [6.07, 6.45) is 4.32. The van der Waals surface area contributed by atoms with Crippen molar-refractivity contribution in [1.82, 2.24) is 4.90 Å². The van der Waals surface area contributed by atoms with Crippen molar-refractivity contribution in [2.45, 2.75) is 44.7 Å². The summed E-state index contributed by atoms with van der Waals surface area (Å²) in [4.78, 5) is 25.8. The van der Waals surface area contributed by atoms with Crippen LogP contribution in [-0.2, 0) is 22.6 Å². The molecule has 3 rings (SSSR count). The number of benzene rings is 1. The number of aliphatic carboxylic acids is 1. The van der Waals surface area contributed by atoms with Gasteiger partial charge in [0.05, 0.1) is 0 Å². The molecule has 1 heterocycles. The van der Waals surface area contributed by atoms with E-state index in [0.29, 0.717) is 13.0 Å². The maximum atomic E-state index is 12.7. The highest BCUT2D eigenvalue weighted by Crippen LogP contribution is 2.33. The number of carboxylic acid groups (broad SMARTS) is 1. The predicted octanol–water partition coefficient (Wildman–Crippen LogP) is 2.98. The van der Waals surface area contributed by atoms with Gasteiger partial charge in [0.25, 0.3) is 0 Å². The zero-order valence-electron chi connectivity index (χ0n) is 11.7. The molecule has 1 N–H and O–H groups in total. The van der Waals surface area contributed by atoms with Crippen LogP contribution in [0.5, 0.6) is 0 Å². The monoisotopic (exact) mass is 351 g/mol. The lowest BCUT2D eigenvalue weighted by Gasteiger charge is -2.36. The zero-order chi connectivity index (χ0) is 15.0. The van der Waals surface area contributed by atoms with E-state index in [4.69, 9.17) is 0 Å². The fourth-order valence-electron chi connectivity index (χ4n) is 3.44. The van der Waals surface area contributed by atoms with Gasteiger partial charge in [0.1, 0.15) is 6.04 Å². The number of carbonyl (C=O) groups is 2. The van der Waals surface area contributed by atoms with Crippen molar-refractivity contribution in [1.29, 1.82) is 0 Å². The van der Waals surface area contributed by atoms with Gasteiger partial charge in [-0.05, 0) is 30.0 Å². The predicted molar refractivity (Wildman–Crippen MR) is 81.8 cm³/mol. The van der Waals surface area contributed by atoms with E-state index < -0.39 is 12.0 Å². The molecule has 0 bridgehead atoms. The first-order valence-corrected chi connectivity index (χ1v) is 8.17. The molecule has 21 heavy (non-hydrogen) atoms. The van der Waals surface area contributed by atoms with Crippen LogP contribution in [0.1, 0.15) is 36.8 Å². The summed E-state index contributed by atoms with van der Waals surface area (Å²) in [6, 6.07) is 5.09. The lowest BCUT2D eigenvalue weighted by molar-refractivity contribution is -0.153. The average Bonchev–Trinajstić information content (AvgIpc) is 2.99. The van der Waals surface area contributed by atoms with Gasteiger partial charge in [0.2, 0.25) is 5.91 Å². The molecule has 1 atom stereocenters. The molecule has 1 amide bonds. The van der Waals surface area contributed by atoms with Crippen molar-refractivity contribution in [2.24, 2.45) is 5.92 Å². The Labute approximate surface area is 132 Å². The molecule has 0 saturated heterocycles. The van der Waals surface area contributed by atoms with Crippen molar-refractivity contribution in [3.05, 3.63) is 33.8 Å². The Morgan fingerprint density at radius 1 is 1.24 bits per heavy atom. The molecule has 0 radical (unpaired) electrons. The number of carboxylic acids is 1. The number of nitrogens with zero attached hydrogens (tertiary/aromatic N) is 1. The number of rotatable bonds is 2. The number of amides is 1. The quantitative estimate of drug-likeness (QED) is 0.890. The maximum Gasteiger partial charge on any atom is 0.326 e. The molecule has 4 nitrogen and oxygen atoms in total. The lowest BCUT2D eigenvalue weighted by atomic mass is 9.92. The number of fused-ring (bicyclic) bond motifs is 1. The van der Waals surface area contributed by atoms with Gasteiger partial charge < -0.3 is 10.0 Å². The van der Waals surface area contributed by atoms with Gasteiger partial charge >= 0.3 is 5.97 Å². The van der Waals surface area contributed by atoms with Gasteiger partial charge in [-0.1, -0.05) is 40.9 Å². The maximum absolute atomic E-state index is 12.7. The van der Waals surface area contributed by atoms with E-state index in [9.17, 15) is 14.7 Å². The van der Waals surface area contributed by atoms with Crippen molar-refractivity contribution in [3.8, 4) is 0 Å². The molecular weight excluding hydrogens is 334 g/mol. The summed E-state index contributed by atoms with van der Waals surface area (Å²) in [5.74, 6) is -0.881. The van der Waals surface area contributed by atoms with Crippen LogP contribution in [0.15, 0.2) is 22.7 Å². The molecule has 0 spiro atoms. The normalized spacial score (nSPS) is 22.1. The van der Waals surface area contributed by atoms with E-state index in [1.54, 1.807) is 4.90 Å². The summed E-state index contributed by atoms with van der Waals surface area (Å²) in [5.41, 5.74) is 2.06. The lowest BCUT2D eigenvalue weighted by Crippen LogP contribution is -2.50. The molecule has 1 unspecified atom stereocenters. The van der Waals surface area contributed by atoms with Crippen LogP contribution in [0.2, 0.25) is 0 Å². The molecular formula is C16H18BrNO3. The van der Waals surface area contributed by atoms with Crippen LogP contribution in [0.25, 0.3) is 0 Å². The van der Waals surface area contributed by atoms with Gasteiger partial charge in [-0.3, -0.25) is 4.79 Å². The van der Waals surface area contributed by atoms with Gasteiger partial charge in [-0.2, -0.15) is 0 Å². The van der Waals surface area contributed by atoms with Crippen molar-refractivity contribution >= 4 is 27.8 Å². The third-order valence-electron chi connectivity index (χ3n) is 4.60. The second-order valence-electron chi connectivity index (χ2n) is 5.88. The Morgan fingerprint density at radius 2 is 1.95 bits per heavy atom. The summed E-state index contributed by atoms with van der Waals surface area (Å²) in [6.45, 7) is 0.404. The van der Waals surface area contributed by atoms with Gasteiger partial charge in [0, 0.05) is 23.4 Å². The standard InChI is InChI=1S/C16H18BrNO3/c17-13-7-3-6-11-9-18(14(16(20)21)8-12(11)13)15(19)10-4-1-2-5-10/h3,6-7,10,14H,1-2,4-5,8-9H2,(H,20,21). The van der Waals surface area contributed by atoms with E-state index in [1.165, 1.54) is 0 Å². The number of halogens is 1. The highest BCUT2D eigenvalue weighted by atomic mass is 79.9. The van der Waals surface area contributed by atoms with Gasteiger partial charge in [-0.15, -0.1) is 0 Å². The molecule has 1 aliphatic heterocycles. The second-order valence-corrected chi connectivity index (χ2v) is 6.74. The summed E-state index contributed by atoms with van der Waals surface area (Å²) < 4.78 is 0.930. The van der Waals surface area contributed by atoms with E-state index in [-0.39, 0.29) is 11.8 Å². The van der Waals surface area contributed by atoms with Gasteiger partial charge in [0.15, 0.2) is 0 Å². The molecule has 1 saturated carbocycles. The first kappa shape index (κ1) is 14.6. The van der Waals surface area contributed by atoms with Crippen LogP contribution >= 0.6 is 15.9 Å². The SMILES string of the molecule is O=C(O)C1Cc2c(Br)cccc2CN1C(=O)C1CCCC1. The van der Waals surface area contributed by atoms with E-state index >= 15 is 0 Å². The fourth-order valence-corrected chi connectivity index (χ4v) is 4.01. The van der Waals surface area contributed by atoms with E-state index in [1.807, 2.05) is 18.2 Å². The van der Waals surface area contributed by atoms with Crippen LogP contribution in [-0.4, -0.2) is 27.9 Å². The van der Waals surface area contributed by atoms with Crippen molar-refractivity contribution < 1.29 is 14.7 Å². The topological polar surface area (TPSA) is 57.6 Å². The van der Waals surface area contributed by atoms with Crippen LogP contribution < -0.4 is 0 Å². The summed E-state index contributed by atoms with van der Waals surface area (Å²) in [5, 5.41) is 9.51. The van der Waals surface area contributed by atoms with E-state index in [2.05, 4.69) is 15.9 Å². The fraction of sp³-hybridized carbons (Fsp3) is 0.500. The Morgan fingerprint density at radius 3 is 2.62 bits per heavy atom. The Bertz CT molecular complexity index is 581. The Hall–Kier alpha value is -1.36. The number of carbonyl (C=O) groups excluding carboxylic acids is 1. The summed E-state index contributed by atoms with van der Waals surface area (Å²) in [7, 11) is 0. The van der Waals surface area contributed by atoms with E-state index in [0.717, 1.165) is 41.3 Å².